The Morgan fingerprint density at radius 2 is 1.24 bits per heavy atom. The number of piperidine rings is 1. The van der Waals surface area contributed by atoms with E-state index < -0.39 is 0 Å². The first-order chi connectivity index (χ1) is 16.5. The van der Waals surface area contributed by atoms with Crippen LogP contribution in [-0.4, -0.2) is 61.0 Å². The lowest BCUT2D eigenvalue weighted by Crippen LogP contribution is -2.55. The third-order valence-electron chi connectivity index (χ3n) is 7.68. The molecule has 5 nitrogen and oxygen atoms in total. The highest BCUT2D eigenvalue weighted by Gasteiger charge is 2.47. The zero-order valence-electron chi connectivity index (χ0n) is 20.4. The number of ketones is 2. The lowest BCUT2D eigenvalue weighted by Gasteiger charge is -2.47. The van der Waals surface area contributed by atoms with Gasteiger partial charge in [0.15, 0.2) is 11.6 Å². The zero-order chi connectivity index (χ0) is 24.1. The van der Waals surface area contributed by atoms with Crippen LogP contribution in [0.4, 0.5) is 0 Å². The summed E-state index contributed by atoms with van der Waals surface area (Å²) in [5.74, 6) is -0.0537. The second kappa shape index (κ2) is 11.1. The Bertz CT molecular complexity index is 921. The molecular formula is C29H36N2O3. The highest BCUT2D eigenvalue weighted by molar-refractivity contribution is 6.01. The number of hydrogen-bond acceptors (Lipinski definition) is 4. The minimum Gasteiger partial charge on any atom is -0.348 e. The highest BCUT2D eigenvalue weighted by atomic mass is 16.2. The normalized spacial score (nSPS) is 23.9. The standard InChI is InChI=1S/C29H36N2O3/c1-30(2)26(32)20-31-18-24(28(33)22-14-8-4-9-15-22)27(21-12-6-3-7-13-21)25(19-31)29(34)23-16-10-5-11-17-23/h4-5,8-11,14-17,21,24-25,27H,3,6-7,12-13,18-20H2,1-2H3. The largest absolute Gasteiger partial charge is 0.348 e. The quantitative estimate of drug-likeness (QED) is 0.568. The van der Waals surface area contributed by atoms with Crippen LogP contribution in [0.3, 0.4) is 0 Å². The van der Waals surface area contributed by atoms with Gasteiger partial charge in [-0.2, -0.15) is 0 Å². The zero-order valence-corrected chi connectivity index (χ0v) is 20.4. The molecule has 1 heterocycles. The van der Waals surface area contributed by atoms with Crippen molar-refractivity contribution in [2.45, 2.75) is 32.1 Å². The summed E-state index contributed by atoms with van der Waals surface area (Å²) >= 11 is 0. The molecule has 2 fully saturated rings. The first-order valence-electron chi connectivity index (χ1n) is 12.6. The summed E-state index contributed by atoms with van der Waals surface area (Å²) in [5, 5.41) is 0. The van der Waals surface area contributed by atoms with Gasteiger partial charge in [-0.3, -0.25) is 19.3 Å². The van der Waals surface area contributed by atoms with Gasteiger partial charge >= 0.3 is 0 Å². The number of hydrogen-bond donors (Lipinski definition) is 0. The van der Waals surface area contributed by atoms with Crippen LogP contribution in [0.2, 0.25) is 0 Å². The molecule has 2 aromatic carbocycles. The van der Waals surface area contributed by atoms with Crippen LogP contribution in [0.25, 0.3) is 0 Å². The molecule has 1 aliphatic heterocycles. The summed E-state index contributed by atoms with van der Waals surface area (Å²) in [6.45, 7) is 1.27. The van der Waals surface area contributed by atoms with Gasteiger partial charge < -0.3 is 4.90 Å². The van der Waals surface area contributed by atoms with Crippen molar-refractivity contribution in [2.75, 3.05) is 33.7 Å². The van der Waals surface area contributed by atoms with E-state index in [-0.39, 0.29) is 41.8 Å². The maximum absolute atomic E-state index is 13.9. The summed E-state index contributed by atoms with van der Waals surface area (Å²) in [6, 6.07) is 18.9. The van der Waals surface area contributed by atoms with Crippen LogP contribution in [0.5, 0.6) is 0 Å². The van der Waals surface area contributed by atoms with Gasteiger partial charge in [-0.05, 0) is 11.8 Å². The lowest BCUT2D eigenvalue weighted by molar-refractivity contribution is -0.131. The molecule has 180 valence electrons. The number of likely N-dealkylation sites (tertiary alicyclic amines) is 1. The van der Waals surface area contributed by atoms with Crippen LogP contribution < -0.4 is 0 Å². The molecule has 0 N–H and O–H groups in total. The number of Topliss-reactive ketones (excluding diaryl/α,β-unsaturated/α-hetero) is 2. The van der Waals surface area contributed by atoms with Crippen molar-refractivity contribution in [1.29, 1.82) is 0 Å². The van der Waals surface area contributed by atoms with Crippen molar-refractivity contribution in [3.8, 4) is 0 Å². The van der Waals surface area contributed by atoms with Gasteiger partial charge in [0.2, 0.25) is 5.91 Å². The summed E-state index contributed by atoms with van der Waals surface area (Å²) in [6.07, 6.45) is 5.67. The average molecular weight is 461 g/mol. The fourth-order valence-electron chi connectivity index (χ4n) is 5.94. The van der Waals surface area contributed by atoms with Crippen molar-refractivity contribution in [2.24, 2.45) is 23.7 Å². The molecule has 0 radical (unpaired) electrons. The lowest BCUT2D eigenvalue weighted by atomic mass is 9.63. The fraction of sp³-hybridized carbons (Fsp3) is 0.483. The molecule has 2 aromatic rings. The summed E-state index contributed by atoms with van der Waals surface area (Å²) in [7, 11) is 3.49. The first kappa shape index (κ1) is 24.3. The topological polar surface area (TPSA) is 57.7 Å². The molecule has 0 bridgehead atoms. The van der Waals surface area contributed by atoms with E-state index in [9.17, 15) is 14.4 Å². The van der Waals surface area contributed by atoms with Crippen LogP contribution >= 0.6 is 0 Å². The molecule has 5 heteroatoms. The van der Waals surface area contributed by atoms with E-state index in [4.69, 9.17) is 0 Å². The molecule has 2 unspecified atom stereocenters. The number of rotatable bonds is 7. The third kappa shape index (κ3) is 5.47. The predicted molar refractivity (Wildman–Crippen MR) is 134 cm³/mol. The second-order valence-corrected chi connectivity index (χ2v) is 10.1. The van der Waals surface area contributed by atoms with Crippen molar-refractivity contribution in [3.05, 3.63) is 71.8 Å². The molecule has 34 heavy (non-hydrogen) atoms. The average Bonchev–Trinajstić information content (AvgIpc) is 2.88. The van der Waals surface area contributed by atoms with Gasteiger partial charge in [-0.15, -0.1) is 0 Å². The molecule has 1 amide bonds. The SMILES string of the molecule is CN(C)C(=O)CN1CC(C(=O)c2ccccc2)C(C2CCCCC2)C(C(=O)c2ccccc2)C1. The fourth-order valence-corrected chi connectivity index (χ4v) is 5.94. The molecule has 1 saturated heterocycles. The van der Waals surface area contributed by atoms with E-state index >= 15 is 0 Å². The van der Waals surface area contributed by atoms with Crippen molar-refractivity contribution in [1.82, 2.24) is 9.80 Å². The van der Waals surface area contributed by atoms with Crippen molar-refractivity contribution in [3.63, 3.8) is 0 Å². The smallest absolute Gasteiger partial charge is 0.236 e. The van der Waals surface area contributed by atoms with Gasteiger partial charge in [0.1, 0.15) is 0 Å². The van der Waals surface area contributed by atoms with Gasteiger partial charge in [0.25, 0.3) is 0 Å². The molecule has 4 rings (SSSR count). The van der Waals surface area contributed by atoms with E-state index in [1.165, 1.54) is 6.42 Å². The number of likely N-dealkylation sites (N-methyl/N-ethyl adjacent to an activating group) is 1. The number of benzene rings is 2. The molecule has 1 saturated carbocycles. The Balaban J connectivity index is 1.73. The Kier molecular flexibility index (Phi) is 7.94. The Labute approximate surface area is 203 Å². The second-order valence-electron chi connectivity index (χ2n) is 10.1. The molecule has 0 aromatic heterocycles. The highest BCUT2D eigenvalue weighted by Crippen LogP contribution is 2.43. The van der Waals surface area contributed by atoms with Crippen LogP contribution in [0, 0.1) is 23.7 Å². The van der Waals surface area contributed by atoms with Crippen molar-refractivity contribution < 1.29 is 14.4 Å². The Morgan fingerprint density at radius 3 is 1.68 bits per heavy atom. The Hall–Kier alpha value is -2.79. The number of amides is 1. The van der Waals surface area contributed by atoms with Crippen LogP contribution in [0.15, 0.2) is 60.7 Å². The minimum absolute atomic E-state index is 0.00654. The van der Waals surface area contributed by atoms with Gasteiger partial charge in [0.05, 0.1) is 6.54 Å². The Morgan fingerprint density at radius 1 is 0.765 bits per heavy atom. The van der Waals surface area contributed by atoms with Crippen LogP contribution in [-0.2, 0) is 4.79 Å². The van der Waals surface area contributed by atoms with Gasteiger partial charge in [0, 0.05) is 50.1 Å². The van der Waals surface area contributed by atoms with Crippen molar-refractivity contribution >= 4 is 17.5 Å². The molecule has 2 aliphatic rings. The van der Waals surface area contributed by atoms with Gasteiger partial charge in [-0.25, -0.2) is 0 Å². The van der Waals surface area contributed by atoms with Crippen LogP contribution in [0.1, 0.15) is 52.8 Å². The van der Waals surface area contributed by atoms with E-state index in [2.05, 4.69) is 0 Å². The van der Waals surface area contributed by atoms with Gasteiger partial charge in [-0.1, -0.05) is 92.8 Å². The van der Waals surface area contributed by atoms with E-state index in [1.807, 2.05) is 65.6 Å². The van der Waals surface area contributed by atoms with E-state index in [1.54, 1.807) is 19.0 Å². The number of carbonyl (C=O) groups is 3. The van der Waals surface area contributed by atoms with E-state index in [0.717, 1.165) is 25.7 Å². The number of carbonyl (C=O) groups excluding carboxylic acids is 3. The minimum atomic E-state index is -0.299. The molecule has 1 aliphatic carbocycles. The predicted octanol–water partition coefficient (Wildman–Crippen LogP) is 4.58. The first-order valence-corrected chi connectivity index (χ1v) is 12.6. The summed E-state index contributed by atoms with van der Waals surface area (Å²) in [5.41, 5.74) is 1.39. The number of nitrogens with zero attached hydrogens (tertiary/aromatic N) is 2. The van der Waals surface area contributed by atoms with E-state index in [0.29, 0.717) is 30.1 Å². The maximum Gasteiger partial charge on any atom is 0.236 e. The monoisotopic (exact) mass is 460 g/mol. The molecule has 0 spiro atoms. The maximum atomic E-state index is 13.9. The molecular weight excluding hydrogens is 424 g/mol. The third-order valence-corrected chi connectivity index (χ3v) is 7.68. The summed E-state index contributed by atoms with van der Waals surface area (Å²) < 4.78 is 0. The molecule has 2 atom stereocenters. The summed E-state index contributed by atoms with van der Waals surface area (Å²) in [4.78, 5) is 44.0.